The smallest absolute Gasteiger partial charge is 0.244 e. The molecule has 0 radical (unpaired) electrons. The first-order chi connectivity index (χ1) is 14.5. The summed E-state index contributed by atoms with van der Waals surface area (Å²) >= 11 is 1.62. The molecule has 5 nitrogen and oxygen atoms in total. The molecule has 0 spiro atoms. The Hall–Kier alpha value is -3.12. The fourth-order valence-electron chi connectivity index (χ4n) is 3.19. The highest BCUT2D eigenvalue weighted by molar-refractivity contribution is 7.98. The van der Waals surface area contributed by atoms with Crippen molar-refractivity contribution in [3.8, 4) is 0 Å². The van der Waals surface area contributed by atoms with Crippen LogP contribution in [0.2, 0.25) is 0 Å². The van der Waals surface area contributed by atoms with Crippen molar-refractivity contribution in [3.05, 3.63) is 83.0 Å². The Morgan fingerprint density at radius 3 is 2.60 bits per heavy atom. The van der Waals surface area contributed by atoms with Crippen molar-refractivity contribution in [2.75, 3.05) is 5.32 Å². The van der Waals surface area contributed by atoms with Gasteiger partial charge in [-0.15, -0.1) is 0 Å². The van der Waals surface area contributed by atoms with E-state index < -0.39 is 0 Å². The molecule has 0 unspecified atom stereocenters. The van der Waals surface area contributed by atoms with Crippen LogP contribution in [-0.4, -0.2) is 20.4 Å². The lowest BCUT2D eigenvalue weighted by atomic mass is 10.1. The molecule has 0 atom stereocenters. The summed E-state index contributed by atoms with van der Waals surface area (Å²) in [6.45, 7) is 6.34. The number of carbonyl (C=O) groups excluding carboxylic acids is 1. The molecule has 0 saturated heterocycles. The van der Waals surface area contributed by atoms with E-state index >= 15 is 0 Å². The number of anilines is 1. The highest BCUT2D eigenvalue weighted by Gasteiger charge is 2.15. The number of nitrogens with zero attached hydrogens (tertiary/aromatic N) is 3. The molecule has 4 rings (SSSR count). The van der Waals surface area contributed by atoms with Gasteiger partial charge in [-0.25, -0.2) is 9.97 Å². The van der Waals surface area contributed by atoms with E-state index in [0.29, 0.717) is 0 Å². The van der Waals surface area contributed by atoms with Crippen molar-refractivity contribution in [2.45, 2.75) is 38.2 Å². The molecule has 152 valence electrons. The Balaban J connectivity index is 1.55. The molecular weight excluding hydrogens is 392 g/mol. The van der Waals surface area contributed by atoms with Crippen molar-refractivity contribution in [3.63, 3.8) is 0 Å². The van der Waals surface area contributed by atoms with Gasteiger partial charge in [-0.05, 0) is 61.7 Å². The molecule has 0 fully saturated rings. The number of benzene rings is 2. The first kappa shape index (κ1) is 20.2. The Bertz CT molecular complexity index is 1200. The summed E-state index contributed by atoms with van der Waals surface area (Å²) < 4.78 is 1.89. The SMILES string of the molecule is Cc1ccc(CSc2nc3cccnc3n2CC(=O)Nc2ccc(C)c(C)c2)cc1. The minimum absolute atomic E-state index is 0.0969. The summed E-state index contributed by atoms with van der Waals surface area (Å²) in [6, 6.07) is 18.2. The van der Waals surface area contributed by atoms with Gasteiger partial charge in [0.2, 0.25) is 5.91 Å². The summed E-state index contributed by atoms with van der Waals surface area (Å²) in [7, 11) is 0. The van der Waals surface area contributed by atoms with Gasteiger partial charge in [0.15, 0.2) is 10.8 Å². The van der Waals surface area contributed by atoms with Gasteiger partial charge in [-0.3, -0.25) is 9.36 Å². The van der Waals surface area contributed by atoms with Gasteiger partial charge in [-0.1, -0.05) is 47.7 Å². The van der Waals surface area contributed by atoms with Crippen LogP contribution in [0.15, 0.2) is 66.0 Å². The van der Waals surface area contributed by atoms with Crippen LogP contribution in [0.4, 0.5) is 5.69 Å². The molecule has 1 N–H and O–H groups in total. The third kappa shape index (κ3) is 4.54. The lowest BCUT2D eigenvalue weighted by Crippen LogP contribution is -2.19. The van der Waals surface area contributed by atoms with Gasteiger partial charge in [0.25, 0.3) is 0 Å². The maximum atomic E-state index is 12.8. The summed E-state index contributed by atoms with van der Waals surface area (Å²) in [5, 5.41) is 3.79. The number of aryl methyl sites for hydroxylation is 3. The highest BCUT2D eigenvalue weighted by Crippen LogP contribution is 2.26. The number of thioether (sulfide) groups is 1. The third-order valence-corrected chi connectivity index (χ3v) is 6.10. The normalized spacial score (nSPS) is 11.0. The van der Waals surface area contributed by atoms with Gasteiger partial charge in [-0.2, -0.15) is 0 Å². The predicted molar refractivity (Wildman–Crippen MR) is 123 cm³/mol. The monoisotopic (exact) mass is 416 g/mol. The van der Waals surface area contributed by atoms with Crippen molar-refractivity contribution >= 4 is 34.5 Å². The molecule has 0 saturated carbocycles. The van der Waals surface area contributed by atoms with E-state index in [0.717, 1.165) is 33.3 Å². The largest absolute Gasteiger partial charge is 0.325 e. The lowest BCUT2D eigenvalue weighted by Gasteiger charge is -2.10. The number of hydrogen-bond acceptors (Lipinski definition) is 4. The zero-order chi connectivity index (χ0) is 21.1. The Kier molecular flexibility index (Phi) is 5.86. The number of hydrogen-bond donors (Lipinski definition) is 1. The number of amides is 1. The zero-order valence-electron chi connectivity index (χ0n) is 17.3. The topological polar surface area (TPSA) is 59.8 Å². The molecule has 1 amide bonds. The van der Waals surface area contributed by atoms with E-state index in [9.17, 15) is 4.79 Å². The van der Waals surface area contributed by atoms with Gasteiger partial charge >= 0.3 is 0 Å². The van der Waals surface area contributed by atoms with Crippen molar-refractivity contribution in [1.82, 2.24) is 14.5 Å². The van der Waals surface area contributed by atoms with E-state index in [1.54, 1.807) is 18.0 Å². The Labute approximate surface area is 180 Å². The molecular formula is C24H24N4OS. The molecule has 4 aromatic rings. The highest BCUT2D eigenvalue weighted by atomic mass is 32.2. The number of nitrogens with one attached hydrogen (secondary N) is 1. The Morgan fingerprint density at radius 2 is 1.83 bits per heavy atom. The maximum absolute atomic E-state index is 12.8. The van der Waals surface area contributed by atoms with Crippen LogP contribution >= 0.6 is 11.8 Å². The summed E-state index contributed by atoms with van der Waals surface area (Å²) in [4.78, 5) is 22.0. The number of pyridine rings is 1. The first-order valence-corrected chi connectivity index (χ1v) is 10.8. The standard InChI is InChI=1S/C24H24N4OS/c1-16-6-9-19(10-7-16)15-30-24-27-21-5-4-12-25-23(21)28(24)14-22(29)26-20-11-8-17(2)18(3)13-20/h4-13H,14-15H2,1-3H3,(H,26,29). The summed E-state index contributed by atoms with van der Waals surface area (Å²) in [6.07, 6.45) is 1.73. The molecule has 0 aliphatic rings. The molecule has 2 aromatic carbocycles. The number of aromatic nitrogens is 3. The number of imidazole rings is 1. The van der Waals surface area contributed by atoms with E-state index in [-0.39, 0.29) is 12.5 Å². The van der Waals surface area contributed by atoms with Crippen molar-refractivity contribution < 1.29 is 4.79 Å². The second-order valence-corrected chi connectivity index (χ2v) is 8.39. The van der Waals surface area contributed by atoms with Crippen molar-refractivity contribution in [1.29, 1.82) is 0 Å². The van der Waals surface area contributed by atoms with E-state index in [4.69, 9.17) is 4.98 Å². The Morgan fingerprint density at radius 1 is 1.03 bits per heavy atom. The van der Waals surface area contributed by atoms with E-state index in [1.807, 2.05) is 41.8 Å². The van der Waals surface area contributed by atoms with Gasteiger partial charge < -0.3 is 5.32 Å². The quantitative estimate of drug-likeness (QED) is 0.434. The van der Waals surface area contributed by atoms with Crippen LogP contribution in [0.3, 0.4) is 0 Å². The van der Waals surface area contributed by atoms with Crippen LogP contribution < -0.4 is 5.32 Å². The average Bonchev–Trinajstić information content (AvgIpc) is 3.08. The molecule has 0 aliphatic heterocycles. The zero-order valence-corrected chi connectivity index (χ0v) is 18.2. The second-order valence-electron chi connectivity index (χ2n) is 7.45. The van der Waals surface area contributed by atoms with Crippen LogP contribution in [0.1, 0.15) is 22.3 Å². The number of rotatable bonds is 6. The van der Waals surface area contributed by atoms with Gasteiger partial charge in [0, 0.05) is 17.6 Å². The molecule has 6 heteroatoms. The number of fused-ring (bicyclic) bond motifs is 1. The molecule has 2 aromatic heterocycles. The predicted octanol–water partition coefficient (Wildman–Crippen LogP) is 5.29. The lowest BCUT2D eigenvalue weighted by molar-refractivity contribution is -0.116. The third-order valence-electron chi connectivity index (χ3n) is 5.05. The molecule has 30 heavy (non-hydrogen) atoms. The second kappa shape index (κ2) is 8.71. The van der Waals surface area contributed by atoms with Crippen LogP contribution in [0.25, 0.3) is 11.2 Å². The van der Waals surface area contributed by atoms with Crippen molar-refractivity contribution in [2.24, 2.45) is 0 Å². The van der Waals surface area contributed by atoms with Crippen LogP contribution in [0.5, 0.6) is 0 Å². The average molecular weight is 417 g/mol. The summed E-state index contributed by atoms with van der Waals surface area (Å²) in [5.74, 6) is 0.683. The minimum atomic E-state index is -0.0969. The van der Waals surface area contributed by atoms with Gasteiger partial charge in [0.1, 0.15) is 12.1 Å². The molecule has 2 heterocycles. The van der Waals surface area contributed by atoms with E-state index in [2.05, 4.69) is 48.4 Å². The minimum Gasteiger partial charge on any atom is -0.325 e. The number of carbonyl (C=O) groups is 1. The molecule has 0 aliphatic carbocycles. The molecule has 0 bridgehead atoms. The fourth-order valence-corrected chi connectivity index (χ4v) is 4.14. The van der Waals surface area contributed by atoms with Crippen LogP contribution in [-0.2, 0) is 17.1 Å². The first-order valence-electron chi connectivity index (χ1n) is 9.86. The maximum Gasteiger partial charge on any atom is 0.244 e. The van der Waals surface area contributed by atoms with Crippen LogP contribution in [0, 0.1) is 20.8 Å². The van der Waals surface area contributed by atoms with Gasteiger partial charge in [0.05, 0.1) is 0 Å². The summed E-state index contributed by atoms with van der Waals surface area (Å²) in [5.41, 5.74) is 7.13. The fraction of sp³-hybridized carbons (Fsp3) is 0.208. The van der Waals surface area contributed by atoms with E-state index in [1.165, 1.54) is 16.7 Å².